The predicted octanol–water partition coefficient (Wildman–Crippen LogP) is 2.42. The summed E-state index contributed by atoms with van der Waals surface area (Å²) in [6.07, 6.45) is 4.19. The van der Waals surface area contributed by atoms with E-state index in [1.807, 2.05) is 6.07 Å². The molecule has 2 rings (SSSR count). The third-order valence-electron chi connectivity index (χ3n) is 3.02. The molecule has 0 saturated heterocycles. The van der Waals surface area contributed by atoms with E-state index in [2.05, 4.69) is 16.7 Å². The summed E-state index contributed by atoms with van der Waals surface area (Å²) in [6, 6.07) is 6.41. The maximum atomic E-state index is 13.6. The van der Waals surface area contributed by atoms with Gasteiger partial charge in [-0.3, -0.25) is 0 Å². The van der Waals surface area contributed by atoms with Gasteiger partial charge in [0, 0.05) is 13.1 Å². The predicted molar refractivity (Wildman–Crippen MR) is 69.8 cm³/mol. The summed E-state index contributed by atoms with van der Waals surface area (Å²) in [5, 5.41) is 15.0. The van der Waals surface area contributed by atoms with Crippen molar-refractivity contribution in [2.75, 3.05) is 25.0 Å². The first-order valence-electron chi connectivity index (χ1n) is 6.12. The number of benzene rings is 1. The van der Waals surface area contributed by atoms with Gasteiger partial charge in [-0.05, 0) is 37.6 Å². The van der Waals surface area contributed by atoms with Crippen LogP contribution < -0.4 is 10.6 Å². The first kappa shape index (κ1) is 12.6. The van der Waals surface area contributed by atoms with Crippen LogP contribution in [0.25, 0.3) is 0 Å². The van der Waals surface area contributed by atoms with Gasteiger partial charge in [0.2, 0.25) is 0 Å². The van der Waals surface area contributed by atoms with Gasteiger partial charge in [0.25, 0.3) is 0 Å². The molecule has 0 aliphatic carbocycles. The molecule has 1 aromatic rings. The van der Waals surface area contributed by atoms with Crippen molar-refractivity contribution in [2.24, 2.45) is 0 Å². The zero-order valence-corrected chi connectivity index (χ0v) is 10.2. The van der Waals surface area contributed by atoms with E-state index in [0.29, 0.717) is 17.8 Å². The van der Waals surface area contributed by atoms with E-state index in [1.54, 1.807) is 12.1 Å². The summed E-state index contributed by atoms with van der Waals surface area (Å²) in [5.41, 5.74) is 2.22. The van der Waals surface area contributed by atoms with Gasteiger partial charge in [0.15, 0.2) is 0 Å². The highest BCUT2D eigenvalue weighted by molar-refractivity contribution is 5.48. The lowest BCUT2D eigenvalue weighted by Crippen LogP contribution is -2.21. The lowest BCUT2D eigenvalue weighted by molar-refractivity contribution is 0.629. The summed E-state index contributed by atoms with van der Waals surface area (Å²) < 4.78 is 13.6. The normalized spacial score (nSPS) is 14.8. The molecule has 0 aromatic heterocycles. The number of hydrogen-bond donors (Lipinski definition) is 2. The van der Waals surface area contributed by atoms with Crippen LogP contribution in [0, 0.1) is 17.1 Å². The zero-order valence-electron chi connectivity index (χ0n) is 10.2. The van der Waals surface area contributed by atoms with Crippen LogP contribution in [0.5, 0.6) is 0 Å². The van der Waals surface area contributed by atoms with Crippen molar-refractivity contribution in [1.29, 1.82) is 5.26 Å². The van der Waals surface area contributed by atoms with Crippen molar-refractivity contribution in [1.82, 2.24) is 5.32 Å². The van der Waals surface area contributed by atoms with Crippen LogP contribution in [0.2, 0.25) is 0 Å². The Morgan fingerprint density at radius 2 is 2.33 bits per heavy atom. The average molecular weight is 245 g/mol. The smallest absolute Gasteiger partial charge is 0.147 e. The largest absolute Gasteiger partial charge is 0.382 e. The third kappa shape index (κ3) is 3.31. The Balaban J connectivity index is 1.87. The van der Waals surface area contributed by atoms with Crippen LogP contribution in [0.3, 0.4) is 0 Å². The number of halogens is 1. The van der Waals surface area contributed by atoms with E-state index in [0.717, 1.165) is 25.9 Å². The van der Waals surface area contributed by atoms with Crippen LogP contribution >= 0.6 is 0 Å². The van der Waals surface area contributed by atoms with Crippen LogP contribution in [0.1, 0.15) is 18.4 Å². The molecule has 1 heterocycles. The monoisotopic (exact) mass is 245 g/mol. The molecular weight excluding hydrogens is 229 g/mol. The van der Waals surface area contributed by atoms with Gasteiger partial charge >= 0.3 is 0 Å². The topological polar surface area (TPSA) is 47.9 Å². The summed E-state index contributed by atoms with van der Waals surface area (Å²) in [6.45, 7) is 2.67. The molecule has 2 N–H and O–H groups in total. The van der Waals surface area contributed by atoms with E-state index < -0.39 is 0 Å². The molecule has 1 aliphatic rings. The summed E-state index contributed by atoms with van der Waals surface area (Å²) in [5.74, 6) is -0.367. The molecular formula is C14H16FN3. The van der Waals surface area contributed by atoms with E-state index in [4.69, 9.17) is 5.26 Å². The molecule has 0 bridgehead atoms. The molecule has 0 spiro atoms. The molecule has 0 atom stereocenters. The first-order chi connectivity index (χ1) is 8.79. The molecule has 18 heavy (non-hydrogen) atoms. The van der Waals surface area contributed by atoms with Crippen molar-refractivity contribution >= 4 is 5.69 Å². The maximum absolute atomic E-state index is 13.6. The number of anilines is 1. The third-order valence-corrected chi connectivity index (χ3v) is 3.02. The molecule has 0 amide bonds. The van der Waals surface area contributed by atoms with Gasteiger partial charge in [0.05, 0.1) is 17.3 Å². The van der Waals surface area contributed by atoms with Crippen molar-refractivity contribution in [3.8, 4) is 6.07 Å². The molecule has 3 nitrogen and oxygen atoms in total. The molecule has 94 valence electrons. The van der Waals surface area contributed by atoms with E-state index in [-0.39, 0.29) is 5.82 Å². The van der Waals surface area contributed by atoms with Gasteiger partial charge in [-0.25, -0.2) is 4.39 Å². The Kier molecular flexibility index (Phi) is 4.32. The van der Waals surface area contributed by atoms with Gasteiger partial charge in [-0.1, -0.05) is 11.6 Å². The Bertz CT molecular complexity index is 488. The molecule has 0 fully saturated rings. The fourth-order valence-electron chi connectivity index (χ4n) is 1.98. The molecule has 1 aromatic carbocycles. The fourth-order valence-corrected chi connectivity index (χ4v) is 1.98. The lowest BCUT2D eigenvalue weighted by Gasteiger charge is -2.14. The average Bonchev–Trinajstić information content (AvgIpc) is 2.42. The quantitative estimate of drug-likeness (QED) is 0.801. The molecule has 4 heteroatoms. The van der Waals surface area contributed by atoms with E-state index >= 15 is 0 Å². The Hall–Kier alpha value is -1.86. The molecule has 0 saturated carbocycles. The fraction of sp³-hybridized carbons (Fsp3) is 0.357. The Labute approximate surface area is 106 Å². The first-order valence-corrected chi connectivity index (χ1v) is 6.12. The van der Waals surface area contributed by atoms with Crippen molar-refractivity contribution < 1.29 is 4.39 Å². The van der Waals surface area contributed by atoms with Gasteiger partial charge in [0.1, 0.15) is 5.82 Å². The van der Waals surface area contributed by atoms with Crippen LogP contribution in [-0.2, 0) is 0 Å². The van der Waals surface area contributed by atoms with Crippen molar-refractivity contribution in [3.63, 3.8) is 0 Å². The lowest BCUT2D eigenvalue weighted by atomic mass is 10.1. The van der Waals surface area contributed by atoms with Gasteiger partial charge < -0.3 is 10.6 Å². The minimum atomic E-state index is -0.367. The summed E-state index contributed by atoms with van der Waals surface area (Å²) in [7, 11) is 0. The Morgan fingerprint density at radius 1 is 1.44 bits per heavy atom. The molecule has 1 aliphatic heterocycles. The van der Waals surface area contributed by atoms with Gasteiger partial charge in [-0.15, -0.1) is 0 Å². The number of nitriles is 1. The van der Waals surface area contributed by atoms with Crippen molar-refractivity contribution in [2.45, 2.75) is 12.8 Å². The van der Waals surface area contributed by atoms with E-state index in [9.17, 15) is 4.39 Å². The van der Waals surface area contributed by atoms with Crippen LogP contribution in [-0.4, -0.2) is 19.6 Å². The maximum Gasteiger partial charge on any atom is 0.147 e. The second kappa shape index (κ2) is 6.18. The number of nitrogens with zero attached hydrogens (tertiary/aromatic N) is 1. The highest BCUT2D eigenvalue weighted by Gasteiger charge is 2.05. The summed E-state index contributed by atoms with van der Waals surface area (Å²) >= 11 is 0. The second-order valence-corrected chi connectivity index (χ2v) is 4.30. The number of rotatable bonds is 4. The number of nitrogens with one attached hydrogen (secondary N) is 2. The second-order valence-electron chi connectivity index (χ2n) is 4.30. The van der Waals surface area contributed by atoms with Gasteiger partial charge in [-0.2, -0.15) is 5.26 Å². The number of hydrogen-bond acceptors (Lipinski definition) is 3. The van der Waals surface area contributed by atoms with Crippen LogP contribution in [0.15, 0.2) is 29.8 Å². The Morgan fingerprint density at radius 3 is 3.00 bits per heavy atom. The van der Waals surface area contributed by atoms with Crippen molar-refractivity contribution in [3.05, 3.63) is 41.2 Å². The minimum absolute atomic E-state index is 0.346. The molecule has 0 radical (unpaired) electrons. The van der Waals surface area contributed by atoms with Crippen LogP contribution in [0.4, 0.5) is 10.1 Å². The highest BCUT2D eigenvalue weighted by Crippen LogP contribution is 2.16. The summed E-state index contributed by atoms with van der Waals surface area (Å²) in [4.78, 5) is 0. The molecule has 0 unspecified atom stereocenters. The highest BCUT2D eigenvalue weighted by atomic mass is 19.1. The minimum Gasteiger partial charge on any atom is -0.382 e. The SMILES string of the molecule is N#Cc1ccc(NCCC2=CCNCC2)c(F)c1. The zero-order chi connectivity index (χ0) is 12.8. The van der Waals surface area contributed by atoms with E-state index in [1.165, 1.54) is 11.6 Å². The standard InChI is InChI=1S/C14H16FN3/c15-13-9-12(10-16)1-2-14(13)18-8-5-11-3-6-17-7-4-11/h1-3,9,17-18H,4-8H2.